The van der Waals surface area contributed by atoms with E-state index in [1.807, 2.05) is 0 Å². The van der Waals surface area contributed by atoms with Crippen LogP contribution in [0.2, 0.25) is 0 Å². The maximum Gasteiger partial charge on any atom is 0.324 e. The highest BCUT2D eigenvalue weighted by molar-refractivity contribution is 5.97. The molecule has 1 heterocycles. The van der Waals surface area contributed by atoms with E-state index < -0.39 is 0 Å². The molecule has 2 aliphatic carbocycles. The van der Waals surface area contributed by atoms with E-state index in [-0.39, 0.29) is 24.0 Å². The molecule has 0 spiro atoms. The first-order valence-corrected chi connectivity index (χ1v) is 6.38. The summed E-state index contributed by atoms with van der Waals surface area (Å²) < 4.78 is 0. The summed E-state index contributed by atoms with van der Waals surface area (Å²) >= 11 is 0. The van der Waals surface area contributed by atoms with E-state index in [9.17, 15) is 9.59 Å². The number of hydrogen-bond donors (Lipinski definition) is 1. The predicted molar refractivity (Wildman–Crippen MR) is 58.8 cm³/mol. The molecule has 3 aliphatic rings. The Morgan fingerprint density at radius 2 is 1.75 bits per heavy atom. The summed E-state index contributed by atoms with van der Waals surface area (Å²) in [6.45, 7) is 0. The van der Waals surface area contributed by atoms with Crippen LogP contribution >= 0.6 is 0 Å². The van der Waals surface area contributed by atoms with Crippen molar-refractivity contribution in [2.45, 2.75) is 57.0 Å². The summed E-state index contributed by atoms with van der Waals surface area (Å²) in [6.07, 6.45) is 7.14. The first-order valence-electron chi connectivity index (χ1n) is 6.38. The van der Waals surface area contributed by atoms with Crippen molar-refractivity contribution in [2.24, 2.45) is 5.92 Å². The van der Waals surface area contributed by atoms with Gasteiger partial charge in [-0.05, 0) is 31.6 Å². The van der Waals surface area contributed by atoms with Crippen LogP contribution in [-0.2, 0) is 4.79 Å². The molecule has 4 heteroatoms. The van der Waals surface area contributed by atoms with Gasteiger partial charge in [0.2, 0.25) is 5.91 Å². The lowest BCUT2D eigenvalue weighted by Gasteiger charge is -2.35. The molecule has 0 aromatic carbocycles. The van der Waals surface area contributed by atoms with Crippen LogP contribution in [0.1, 0.15) is 44.9 Å². The van der Waals surface area contributed by atoms with Crippen LogP contribution < -0.4 is 5.32 Å². The maximum absolute atomic E-state index is 12.0. The number of carbonyl (C=O) groups excluding carboxylic acids is 2. The summed E-state index contributed by atoms with van der Waals surface area (Å²) in [5, 5.41) is 3.00. The third-order valence-electron chi connectivity index (χ3n) is 4.07. The van der Waals surface area contributed by atoms with Gasteiger partial charge in [0.1, 0.15) is 0 Å². The maximum atomic E-state index is 12.0. The van der Waals surface area contributed by atoms with Gasteiger partial charge in [0.15, 0.2) is 0 Å². The van der Waals surface area contributed by atoms with Gasteiger partial charge in [-0.2, -0.15) is 0 Å². The Kier molecular flexibility index (Phi) is 2.37. The molecule has 2 saturated carbocycles. The standard InChI is InChI=1S/C12H18N2O2/c15-11-7-10(8-5-6-8)13-12(16)14(11)9-3-1-2-4-9/h8-10H,1-7H2,(H,13,16). The highest BCUT2D eigenvalue weighted by Gasteiger charge is 2.42. The second-order valence-corrected chi connectivity index (χ2v) is 5.30. The number of nitrogens with zero attached hydrogens (tertiary/aromatic N) is 1. The molecule has 4 nitrogen and oxygen atoms in total. The Morgan fingerprint density at radius 1 is 1.06 bits per heavy atom. The first-order chi connectivity index (χ1) is 7.75. The first kappa shape index (κ1) is 10.1. The molecule has 88 valence electrons. The van der Waals surface area contributed by atoms with Gasteiger partial charge < -0.3 is 5.32 Å². The summed E-state index contributed by atoms with van der Waals surface area (Å²) in [5.74, 6) is 0.617. The number of carbonyl (C=O) groups is 2. The van der Waals surface area contributed by atoms with Crippen molar-refractivity contribution in [1.82, 2.24) is 10.2 Å². The van der Waals surface area contributed by atoms with Crippen molar-refractivity contribution in [1.29, 1.82) is 0 Å². The van der Waals surface area contributed by atoms with Crippen molar-refractivity contribution in [3.05, 3.63) is 0 Å². The normalized spacial score (nSPS) is 32.0. The van der Waals surface area contributed by atoms with E-state index in [1.54, 1.807) is 0 Å². The minimum atomic E-state index is -0.139. The van der Waals surface area contributed by atoms with Gasteiger partial charge in [-0.1, -0.05) is 12.8 Å². The highest BCUT2D eigenvalue weighted by Crippen LogP contribution is 2.36. The van der Waals surface area contributed by atoms with E-state index in [4.69, 9.17) is 0 Å². The number of nitrogens with one attached hydrogen (secondary N) is 1. The number of imide groups is 1. The number of amides is 3. The van der Waals surface area contributed by atoms with Crippen LogP contribution in [0.4, 0.5) is 4.79 Å². The lowest BCUT2D eigenvalue weighted by atomic mass is 10.0. The van der Waals surface area contributed by atoms with Crippen LogP contribution in [-0.4, -0.2) is 28.9 Å². The van der Waals surface area contributed by atoms with E-state index in [1.165, 1.54) is 17.7 Å². The van der Waals surface area contributed by atoms with Gasteiger partial charge in [0.25, 0.3) is 0 Å². The van der Waals surface area contributed by atoms with Gasteiger partial charge in [0, 0.05) is 18.5 Å². The molecule has 16 heavy (non-hydrogen) atoms. The van der Waals surface area contributed by atoms with Crippen molar-refractivity contribution >= 4 is 11.9 Å². The number of rotatable bonds is 2. The molecule has 1 atom stereocenters. The van der Waals surface area contributed by atoms with Gasteiger partial charge in [0.05, 0.1) is 0 Å². The summed E-state index contributed by atoms with van der Waals surface area (Å²) in [5.41, 5.74) is 0. The predicted octanol–water partition coefficient (Wildman–Crippen LogP) is 1.65. The number of urea groups is 1. The molecular formula is C12H18N2O2. The summed E-state index contributed by atoms with van der Waals surface area (Å²) in [4.78, 5) is 25.4. The molecule has 0 radical (unpaired) electrons. The smallest absolute Gasteiger partial charge is 0.324 e. The quantitative estimate of drug-likeness (QED) is 0.772. The zero-order valence-electron chi connectivity index (χ0n) is 9.45. The Balaban J connectivity index is 1.70. The zero-order chi connectivity index (χ0) is 11.1. The molecule has 0 bridgehead atoms. The molecule has 3 rings (SSSR count). The average molecular weight is 222 g/mol. The zero-order valence-corrected chi connectivity index (χ0v) is 9.45. The molecule has 3 fully saturated rings. The van der Waals surface area contributed by atoms with Crippen LogP contribution in [0.25, 0.3) is 0 Å². The third-order valence-corrected chi connectivity index (χ3v) is 4.07. The largest absolute Gasteiger partial charge is 0.334 e. The lowest BCUT2D eigenvalue weighted by molar-refractivity contribution is -0.132. The fourth-order valence-electron chi connectivity index (χ4n) is 2.99. The second kappa shape index (κ2) is 3.75. The average Bonchev–Trinajstić information content (AvgIpc) is 2.96. The third kappa shape index (κ3) is 1.70. The van der Waals surface area contributed by atoms with Crippen LogP contribution in [0.5, 0.6) is 0 Å². The van der Waals surface area contributed by atoms with Gasteiger partial charge >= 0.3 is 6.03 Å². The van der Waals surface area contributed by atoms with E-state index >= 15 is 0 Å². The van der Waals surface area contributed by atoms with E-state index in [0.29, 0.717) is 12.3 Å². The van der Waals surface area contributed by atoms with Crippen molar-refractivity contribution in [3.63, 3.8) is 0 Å². The minimum absolute atomic E-state index is 0.0487. The minimum Gasteiger partial charge on any atom is -0.334 e. The molecular weight excluding hydrogens is 204 g/mol. The topological polar surface area (TPSA) is 49.4 Å². The Bertz CT molecular complexity index is 301. The highest BCUT2D eigenvalue weighted by atomic mass is 16.2. The van der Waals surface area contributed by atoms with Gasteiger partial charge in [-0.3, -0.25) is 9.69 Å². The fourth-order valence-corrected chi connectivity index (χ4v) is 2.99. The molecule has 1 N–H and O–H groups in total. The Labute approximate surface area is 95.4 Å². The Hall–Kier alpha value is -1.06. The van der Waals surface area contributed by atoms with E-state index in [2.05, 4.69) is 5.32 Å². The van der Waals surface area contributed by atoms with Crippen LogP contribution in [0.15, 0.2) is 0 Å². The summed E-state index contributed by atoms with van der Waals surface area (Å²) in [7, 11) is 0. The van der Waals surface area contributed by atoms with Gasteiger partial charge in [-0.25, -0.2) is 4.79 Å². The monoisotopic (exact) mass is 222 g/mol. The van der Waals surface area contributed by atoms with Gasteiger partial charge in [-0.15, -0.1) is 0 Å². The molecule has 1 unspecified atom stereocenters. The number of hydrogen-bond acceptors (Lipinski definition) is 2. The fraction of sp³-hybridized carbons (Fsp3) is 0.833. The van der Waals surface area contributed by atoms with Crippen molar-refractivity contribution in [3.8, 4) is 0 Å². The van der Waals surface area contributed by atoms with Crippen molar-refractivity contribution < 1.29 is 9.59 Å². The van der Waals surface area contributed by atoms with Crippen LogP contribution in [0.3, 0.4) is 0 Å². The SMILES string of the molecule is O=C1CC(C2CC2)NC(=O)N1C1CCCC1. The molecule has 0 aromatic rings. The second-order valence-electron chi connectivity index (χ2n) is 5.30. The van der Waals surface area contributed by atoms with Crippen LogP contribution in [0, 0.1) is 5.92 Å². The lowest BCUT2D eigenvalue weighted by Crippen LogP contribution is -2.58. The molecule has 1 saturated heterocycles. The van der Waals surface area contributed by atoms with Crippen molar-refractivity contribution in [2.75, 3.05) is 0 Å². The molecule has 3 amide bonds. The molecule has 0 aromatic heterocycles. The summed E-state index contributed by atoms with van der Waals surface area (Å²) in [6, 6.07) is 0.158. The van der Waals surface area contributed by atoms with E-state index in [0.717, 1.165) is 25.7 Å². The Morgan fingerprint density at radius 3 is 2.31 bits per heavy atom. The molecule has 1 aliphatic heterocycles.